The van der Waals surface area contributed by atoms with Crippen LogP contribution < -0.4 is 16.6 Å². The molecule has 0 radical (unpaired) electrons. The van der Waals surface area contributed by atoms with Gasteiger partial charge in [0.2, 0.25) is 0 Å². The molecule has 5 N–H and O–H groups in total. The quantitative estimate of drug-likeness (QED) is 0.249. The van der Waals surface area contributed by atoms with Crippen LogP contribution in [-0.2, 0) is 0 Å². The Labute approximate surface area is 193 Å². The summed E-state index contributed by atoms with van der Waals surface area (Å²) in [5.41, 5.74) is 1.67. The lowest BCUT2D eigenvalue weighted by Gasteiger charge is -2.42. The van der Waals surface area contributed by atoms with E-state index in [0.29, 0.717) is 48.6 Å². The second kappa shape index (κ2) is 10.9. The van der Waals surface area contributed by atoms with Crippen LogP contribution >= 0.6 is 23.2 Å². The van der Waals surface area contributed by atoms with Gasteiger partial charge in [-0.05, 0) is 24.1 Å². The highest BCUT2D eigenvalue weighted by atomic mass is 35.5. The monoisotopic (exact) mass is 465 g/mol. The van der Waals surface area contributed by atoms with Gasteiger partial charge in [-0.25, -0.2) is 5.84 Å². The van der Waals surface area contributed by atoms with Gasteiger partial charge < -0.3 is 15.8 Å². The zero-order valence-corrected chi connectivity index (χ0v) is 19.1. The molecule has 1 atom stereocenters. The Morgan fingerprint density at radius 3 is 2.48 bits per heavy atom. The highest BCUT2D eigenvalue weighted by molar-refractivity contribution is 6.38. The Morgan fingerprint density at radius 2 is 1.90 bits per heavy atom. The minimum absolute atomic E-state index is 0.185. The summed E-state index contributed by atoms with van der Waals surface area (Å²) in [6.45, 7) is 5.57. The summed E-state index contributed by atoms with van der Waals surface area (Å²) in [4.78, 5) is 8.44. The van der Waals surface area contributed by atoms with E-state index >= 15 is 0 Å². The standard InChI is InChI=1S/C21H29Cl2N7O/c1-2-3-7-30(25)21(27-24)19(15-5-4-6-16(31)12-15)28-8-10-29(11-9-28)20-17(22)13-26-14-18(20)23/h4-6,12-14,19,31H,2-3,7-11,24-25H2,1H3/b27-21-. The van der Waals surface area contributed by atoms with E-state index in [4.69, 9.17) is 34.9 Å². The fraction of sp³-hybridized carbons (Fsp3) is 0.429. The average molecular weight is 466 g/mol. The van der Waals surface area contributed by atoms with E-state index in [1.807, 2.05) is 12.1 Å². The maximum Gasteiger partial charge on any atom is 0.160 e. The summed E-state index contributed by atoms with van der Waals surface area (Å²) in [6.07, 6.45) is 5.14. The topological polar surface area (TPSA) is 107 Å². The number of aromatic nitrogens is 1. The Kier molecular flexibility index (Phi) is 8.20. The molecule has 1 aromatic heterocycles. The van der Waals surface area contributed by atoms with Crippen molar-refractivity contribution in [2.75, 3.05) is 37.6 Å². The van der Waals surface area contributed by atoms with Gasteiger partial charge in [-0.15, -0.1) is 0 Å². The molecule has 1 aromatic carbocycles. The van der Waals surface area contributed by atoms with Crippen LogP contribution in [0.5, 0.6) is 5.75 Å². The third-order valence-corrected chi connectivity index (χ3v) is 5.99. The molecule has 2 heterocycles. The molecule has 0 bridgehead atoms. The molecular weight excluding hydrogens is 437 g/mol. The molecule has 1 aliphatic rings. The van der Waals surface area contributed by atoms with Crippen LogP contribution in [0.15, 0.2) is 41.8 Å². The van der Waals surface area contributed by atoms with E-state index < -0.39 is 0 Å². The van der Waals surface area contributed by atoms with Crippen LogP contribution in [0, 0.1) is 0 Å². The number of phenols is 1. The second-order valence-electron chi connectivity index (χ2n) is 7.51. The molecular formula is C21H29Cl2N7O. The lowest BCUT2D eigenvalue weighted by atomic mass is 10.0. The number of halogens is 2. The molecule has 1 saturated heterocycles. The van der Waals surface area contributed by atoms with Crippen molar-refractivity contribution in [3.05, 3.63) is 52.3 Å². The maximum absolute atomic E-state index is 10.1. The predicted molar refractivity (Wildman–Crippen MR) is 126 cm³/mol. The van der Waals surface area contributed by atoms with Gasteiger partial charge in [-0.2, -0.15) is 5.10 Å². The number of hydrazine groups is 1. The Morgan fingerprint density at radius 1 is 1.23 bits per heavy atom. The smallest absolute Gasteiger partial charge is 0.160 e. The fourth-order valence-electron chi connectivity index (χ4n) is 3.87. The molecule has 1 aliphatic heterocycles. The molecule has 1 fully saturated rings. The van der Waals surface area contributed by atoms with Crippen LogP contribution in [0.25, 0.3) is 0 Å². The summed E-state index contributed by atoms with van der Waals surface area (Å²) in [7, 11) is 0. The Balaban J connectivity index is 1.85. The molecule has 0 spiro atoms. The van der Waals surface area contributed by atoms with E-state index in [9.17, 15) is 5.11 Å². The molecule has 1 unspecified atom stereocenters. The number of hydrogen-bond acceptors (Lipinski definition) is 7. The number of nitrogens with zero attached hydrogens (tertiary/aromatic N) is 5. The van der Waals surface area contributed by atoms with Gasteiger partial charge in [0.15, 0.2) is 5.84 Å². The number of pyridine rings is 1. The molecule has 31 heavy (non-hydrogen) atoms. The predicted octanol–water partition coefficient (Wildman–Crippen LogP) is 3.21. The normalized spacial score (nSPS) is 16.4. The van der Waals surface area contributed by atoms with Crippen molar-refractivity contribution in [2.24, 2.45) is 16.8 Å². The number of unbranched alkanes of at least 4 members (excludes halogenated alkanes) is 1. The summed E-state index contributed by atoms with van der Waals surface area (Å²) in [6, 6.07) is 6.84. The molecule has 0 aliphatic carbocycles. The van der Waals surface area contributed by atoms with Crippen LogP contribution in [-0.4, -0.2) is 58.6 Å². The van der Waals surface area contributed by atoms with Crippen molar-refractivity contribution in [3.63, 3.8) is 0 Å². The van der Waals surface area contributed by atoms with E-state index in [-0.39, 0.29) is 11.8 Å². The van der Waals surface area contributed by atoms with Gasteiger partial charge in [0.25, 0.3) is 0 Å². The van der Waals surface area contributed by atoms with Crippen molar-refractivity contribution in [2.45, 2.75) is 25.8 Å². The molecule has 0 saturated carbocycles. The lowest BCUT2D eigenvalue weighted by Crippen LogP contribution is -2.53. The summed E-state index contributed by atoms with van der Waals surface area (Å²) in [5, 5.41) is 16.8. The third kappa shape index (κ3) is 5.51. The number of rotatable bonds is 7. The first-order valence-corrected chi connectivity index (χ1v) is 11.1. The van der Waals surface area contributed by atoms with Crippen molar-refractivity contribution in [3.8, 4) is 5.75 Å². The Hall–Kier alpha value is -2.26. The minimum atomic E-state index is -0.288. The largest absolute Gasteiger partial charge is 0.508 e. The third-order valence-electron chi connectivity index (χ3n) is 5.43. The van der Waals surface area contributed by atoms with Crippen LogP contribution in [0.4, 0.5) is 5.69 Å². The molecule has 8 nitrogen and oxygen atoms in total. The second-order valence-corrected chi connectivity index (χ2v) is 8.32. The van der Waals surface area contributed by atoms with Gasteiger partial charge in [0.1, 0.15) is 5.75 Å². The number of benzene rings is 1. The van der Waals surface area contributed by atoms with Crippen molar-refractivity contribution in [1.29, 1.82) is 0 Å². The number of aromatic hydroxyl groups is 1. The summed E-state index contributed by atoms with van der Waals surface area (Å²) in [5.74, 6) is 12.9. The zero-order chi connectivity index (χ0) is 22.4. The SMILES string of the molecule is CCCCN(N)/C(=N\N)C(c1cccc(O)c1)N1CCN(c2c(Cl)cncc2Cl)CC1. The van der Waals surface area contributed by atoms with Gasteiger partial charge in [-0.1, -0.05) is 48.7 Å². The van der Waals surface area contributed by atoms with Crippen molar-refractivity contribution >= 4 is 34.7 Å². The number of amidine groups is 1. The number of piperazine rings is 1. The van der Waals surface area contributed by atoms with E-state index in [0.717, 1.165) is 24.1 Å². The van der Waals surface area contributed by atoms with Gasteiger partial charge in [0, 0.05) is 45.1 Å². The van der Waals surface area contributed by atoms with Crippen molar-refractivity contribution in [1.82, 2.24) is 14.9 Å². The Bertz CT molecular complexity index is 883. The molecule has 168 valence electrons. The average Bonchev–Trinajstić information content (AvgIpc) is 2.76. The maximum atomic E-state index is 10.1. The van der Waals surface area contributed by atoms with Crippen molar-refractivity contribution < 1.29 is 5.11 Å². The number of hydrazone groups is 1. The van der Waals surface area contributed by atoms with E-state index in [2.05, 4.69) is 26.8 Å². The number of anilines is 1. The number of phenolic OH excluding ortho intramolecular Hbond substituents is 1. The fourth-order valence-corrected chi connectivity index (χ4v) is 4.48. The van der Waals surface area contributed by atoms with E-state index in [1.54, 1.807) is 29.5 Å². The summed E-state index contributed by atoms with van der Waals surface area (Å²) < 4.78 is 0. The lowest BCUT2D eigenvalue weighted by molar-refractivity contribution is 0.214. The molecule has 0 amide bonds. The van der Waals surface area contributed by atoms with Crippen LogP contribution in [0.2, 0.25) is 10.0 Å². The highest BCUT2D eigenvalue weighted by Gasteiger charge is 2.32. The van der Waals surface area contributed by atoms with Gasteiger partial charge in [0.05, 0.1) is 21.8 Å². The van der Waals surface area contributed by atoms with Gasteiger partial charge in [-0.3, -0.25) is 14.9 Å². The number of hydrogen-bond donors (Lipinski definition) is 3. The molecule has 2 aromatic rings. The van der Waals surface area contributed by atoms with Gasteiger partial charge >= 0.3 is 0 Å². The van der Waals surface area contributed by atoms with Crippen LogP contribution in [0.1, 0.15) is 31.4 Å². The minimum Gasteiger partial charge on any atom is -0.508 e. The van der Waals surface area contributed by atoms with E-state index in [1.165, 1.54) is 0 Å². The first kappa shape index (κ1) is 23.4. The zero-order valence-electron chi connectivity index (χ0n) is 17.6. The highest BCUT2D eigenvalue weighted by Crippen LogP contribution is 2.34. The first-order valence-electron chi connectivity index (χ1n) is 10.3. The molecule has 3 rings (SSSR count). The molecule has 10 heteroatoms. The summed E-state index contributed by atoms with van der Waals surface area (Å²) >= 11 is 12.7. The number of nitrogens with two attached hydrogens (primary N) is 2. The van der Waals surface area contributed by atoms with Crippen LogP contribution in [0.3, 0.4) is 0 Å². The first-order chi connectivity index (χ1) is 15.0.